The third kappa shape index (κ3) is 1.35. The highest BCUT2D eigenvalue weighted by Gasteiger charge is 2.15. The van der Waals surface area contributed by atoms with Crippen LogP contribution in [0.5, 0.6) is 0 Å². The maximum atomic E-state index is 3.53. The molecule has 1 unspecified atom stereocenters. The molecule has 1 saturated heterocycles. The van der Waals surface area contributed by atoms with E-state index in [0.717, 1.165) is 0 Å². The van der Waals surface area contributed by atoms with Crippen LogP contribution in [0.2, 0.25) is 0 Å². The number of hydrogen-bond donors (Lipinski definition) is 1. The molecule has 2 heterocycles. The highest BCUT2D eigenvalue weighted by Crippen LogP contribution is 2.28. The van der Waals surface area contributed by atoms with Crippen molar-refractivity contribution in [3.8, 4) is 0 Å². The van der Waals surface area contributed by atoms with E-state index in [0.29, 0.717) is 6.04 Å². The number of hydrogen-bond acceptors (Lipinski definition) is 2. The number of benzene rings is 1. The molecule has 0 bridgehead atoms. The maximum Gasteiger partial charge on any atom is 0.0346 e. The SMILES string of the molecule is c1cc2ccc(C3CCCN3)cc2s1. The first kappa shape index (κ1) is 8.45. The van der Waals surface area contributed by atoms with Crippen molar-refractivity contribution in [2.75, 3.05) is 6.54 Å². The molecule has 1 aromatic heterocycles. The summed E-state index contributed by atoms with van der Waals surface area (Å²) in [6.45, 7) is 1.17. The number of rotatable bonds is 1. The Morgan fingerprint density at radius 3 is 3.14 bits per heavy atom. The van der Waals surface area contributed by atoms with Gasteiger partial charge in [-0.1, -0.05) is 12.1 Å². The van der Waals surface area contributed by atoms with Crippen LogP contribution in [0.15, 0.2) is 29.6 Å². The second-order valence-corrected chi connectivity index (χ2v) is 4.81. The van der Waals surface area contributed by atoms with Gasteiger partial charge in [-0.05, 0) is 47.8 Å². The predicted octanol–water partition coefficient (Wildman–Crippen LogP) is 3.33. The summed E-state index contributed by atoms with van der Waals surface area (Å²) in [4.78, 5) is 0. The number of thiophene rings is 1. The molecule has 0 amide bonds. The van der Waals surface area contributed by atoms with Crippen molar-refractivity contribution in [1.29, 1.82) is 0 Å². The third-order valence-corrected chi connectivity index (χ3v) is 3.82. The van der Waals surface area contributed by atoms with Crippen LogP contribution >= 0.6 is 11.3 Å². The Morgan fingerprint density at radius 1 is 1.29 bits per heavy atom. The summed E-state index contributed by atoms with van der Waals surface area (Å²) in [6, 6.07) is 9.62. The van der Waals surface area contributed by atoms with Crippen molar-refractivity contribution in [1.82, 2.24) is 5.32 Å². The molecule has 1 atom stereocenters. The van der Waals surface area contributed by atoms with E-state index >= 15 is 0 Å². The summed E-state index contributed by atoms with van der Waals surface area (Å²) >= 11 is 1.83. The van der Waals surface area contributed by atoms with Crippen LogP contribution in [0.1, 0.15) is 24.4 Å². The number of fused-ring (bicyclic) bond motifs is 1. The zero-order chi connectivity index (χ0) is 9.38. The lowest BCUT2D eigenvalue weighted by atomic mass is 10.0. The van der Waals surface area contributed by atoms with Gasteiger partial charge in [0.15, 0.2) is 0 Å². The fraction of sp³-hybridized carbons (Fsp3) is 0.333. The van der Waals surface area contributed by atoms with Crippen LogP contribution in [0.4, 0.5) is 0 Å². The zero-order valence-corrected chi connectivity index (χ0v) is 8.81. The van der Waals surface area contributed by atoms with E-state index in [-0.39, 0.29) is 0 Å². The molecule has 1 aromatic carbocycles. The van der Waals surface area contributed by atoms with Crippen molar-refractivity contribution >= 4 is 21.4 Å². The van der Waals surface area contributed by atoms with E-state index in [4.69, 9.17) is 0 Å². The van der Waals surface area contributed by atoms with Gasteiger partial charge in [-0.15, -0.1) is 11.3 Å². The van der Waals surface area contributed by atoms with Gasteiger partial charge in [-0.25, -0.2) is 0 Å². The van der Waals surface area contributed by atoms with Crippen LogP contribution < -0.4 is 5.32 Å². The van der Waals surface area contributed by atoms with Gasteiger partial charge in [0.05, 0.1) is 0 Å². The Hall–Kier alpha value is -0.860. The van der Waals surface area contributed by atoms with Crippen molar-refractivity contribution < 1.29 is 0 Å². The molecule has 1 nitrogen and oxygen atoms in total. The highest BCUT2D eigenvalue weighted by molar-refractivity contribution is 7.17. The summed E-state index contributed by atoms with van der Waals surface area (Å²) in [5.74, 6) is 0. The quantitative estimate of drug-likeness (QED) is 0.749. The average molecular weight is 203 g/mol. The van der Waals surface area contributed by atoms with Gasteiger partial charge < -0.3 is 5.32 Å². The fourth-order valence-electron chi connectivity index (χ4n) is 2.16. The van der Waals surface area contributed by atoms with Gasteiger partial charge in [0.2, 0.25) is 0 Å². The normalized spacial score (nSPS) is 21.9. The lowest BCUT2D eigenvalue weighted by molar-refractivity contribution is 0.649. The molecule has 1 aliphatic rings. The van der Waals surface area contributed by atoms with E-state index < -0.39 is 0 Å². The molecule has 2 heteroatoms. The van der Waals surface area contributed by atoms with E-state index in [2.05, 4.69) is 35.0 Å². The molecule has 0 aliphatic carbocycles. The van der Waals surface area contributed by atoms with Crippen LogP contribution in [-0.4, -0.2) is 6.54 Å². The van der Waals surface area contributed by atoms with Gasteiger partial charge in [0.25, 0.3) is 0 Å². The molecule has 0 saturated carbocycles. The molecule has 1 fully saturated rings. The molecular weight excluding hydrogens is 190 g/mol. The Kier molecular flexibility index (Phi) is 2.03. The van der Waals surface area contributed by atoms with Gasteiger partial charge in [-0.2, -0.15) is 0 Å². The summed E-state index contributed by atoms with van der Waals surface area (Å²) in [6.07, 6.45) is 2.60. The van der Waals surface area contributed by atoms with Crippen LogP contribution in [0.25, 0.3) is 10.1 Å². The monoisotopic (exact) mass is 203 g/mol. The molecule has 1 N–H and O–H groups in total. The fourth-order valence-corrected chi connectivity index (χ4v) is 2.99. The largest absolute Gasteiger partial charge is 0.310 e. The van der Waals surface area contributed by atoms with E-state index in [9.17, 15) is 0 Å². The molecule has 1 aliphatic heterocycles. The number of nitrogens with one attached hydrogen (secondary N) is 1. The lowest BCUT2D eigenvalue weighted by Gasteiger charge is -2.09. The second-order valence-electron chi connectivity index (χ2n) is 3.87. The highest BCUT2D eigenvalue weighted by atomic mass is 32.1. The van der Waals surface area contributed by atoms with E-state index in [1.807, 2.05) is 11.3 Å². The minimum absolute atomic E-state index is 0.599. The van der Waals surface area contributed by atoms with Gasteiger partial charge in [0, 0.05) is 10.7 Å². The topological polar surface area (TPSA) is 12.0 Å². The molecule has 72 valence electrons. The smallest absolute Gasteiger partial charge is 0.0346 e. The molecule has 2 aromatic rings. The minimum atomic E-state index is 0.599. The van der Waals surface area contributed by atoms with Gasteiger partial charge in [-0.3, -0.25) is 0 Å². The van der Waals surface area contributed by atoms with E-state index in [1.165, 1.54) is 35.0 Å². The zero-order valence-electron chi connectivity index (χ0n) is 7.99. The summed E-state index contributed by atoms with van der Waals surface area (Å²) in [7, 11) is 0. The molecule has 14 heavy (non-hydrogen) atoms. The van der Waals surface area contributed by atoms with Gasteiger partial charge in [0.1, 0.15) is 0 Å². The van der Waals surface area contributed by atoms with Crippen molar-refractivity contribution in [3.63, 3.8) is 0 Å². The van der Waals surface area contributed by atoms with Crippen molar-refractivity contribution in [2.45, 2.75) is 18.9 Å². The second kappa shape index (κ2) is 3.37. The predicted molar refractivity (Wildman–Crippen MR) is 61.8 cm³/mol. The summed E-state index contributed by atoms with van der Waals surface area (Å²) < 4.78 is 1.41. The van der Waals surface area contributed by atoms with Crippen LogP contribution in [-0.2, 0) is 0 Å². The van der Waals surface area contributed by atoms with Crippen LogP contribution in [0, 0.1) is 0 Å². The maximum absolute atomic E-state index is 3.53. The third-order valence-electron chi connectivity index (χ3n) is 2.94. The first-order chi connectivity index (χ1) is 6.93. The first-order valence-corrected chi connectivity index (χ1v) is 6.02. The Morgan fingerprint density at radius 2 is 2.29 bits per heavy atom. The van der Waals surface area contributed by atoms with Crippen molar-refractivity contribution in [3.05, 3.63) is 35.2 Å². The van der Waals surface area contributed by atoms with E-state index in [1.54, 1.807) is 0 Å². The first-order valence-electron chi connectivity index (χ1n) is 5.14. The average Bonchev–Trinajstić information content (AvgIpc) is 2.88. The standard InChI is InChI=1S/C12H13NS/c1-2-11(13-6-1)10-4-3-9-5-7-14-12(9)8-10/h3-5,7-8,11,13H,1-2,6H2. The lowest BCUT2D eigenvalue weighted by Crippen LogP contribution is -2.12. The summed E-state index contributed by atoms with van der Waals surface area (Å²) in [5, 5.41) is 7.07. The minimum Gasteiger partial charge on any atom is -0.310 e. The molecule has 3 rings (SSSR count). The Balaban J connectivity index is 2.04. The Bertz CT molecular complexity index is 440. The molecule has 0 radical (unpaired) electrons. The van der Waals surface area contributed by atoms with Crippen LogP contribution in [0.3, 0.4) is 0 Å². The van der Waals surface area contributed by atoms with Crippen molar-refractivity contribution in [2.24, 2.45) is 0 Å². The van der Waals surface area contributed by atoms with Gasteiger partial charge >= 0.3 is 0 Å². The Labute approximate surface area is 87.8 Å². The molecule has 0 spiro atoms. The molecular formula is C12H13NS. The summed E-state index contributed by atoms with van der Waals surface area (Å²) in [5.41, 5.74) is 1.46.